The molecule has 0 unspecified atom stereocenters. The molecule has 1 aliphatic carbocycles. The van der Waals surface area contributed by atoms with Crippen LogP contribution in [0.2, 0.25) is 0 Å². The molecule has 3 rings (SSSR count). The van der Waals surface area contributed by atoms with Gasteiger partial charge in [-0.2, -0.15) is 0 Å². The molecule has 122 valence electrons. The molecule has 1 aromatic rings. The van der Waals surface area contributed by atoms with Crippen LogP contribution < -0.4 is 5.73 Å². The van der Waals surface area contributed by atoms with Gasteiger partial charge in [0.15, 0.2) is 0 Å². The van der Waals surface area contributed by atoms with Gasteiger partial charge in [-0.15, -0.1) is 12.4 Å². The van der Waals surface area contributed by atoms with Crippen molar-refractivity contribution in [3.63, 3.8) is 0 Å². The van der Waals surface area contributed by atoms with Crippen molar-refractivity contribution >= 4 is 18.3 Å². The largest absolute Gasteiger partial charge is 0.339 e. The number of hydrogen-bond donors (Lipinski definition) is 1. The molecule has 22 heavy (non-hydrogen) atoms. The van der Waals surface area contributed by atoms with Gasteiger partial charge in [-0.05, 0) is 30.5 Å². The van der Waals surface area contributed by atoms with Crippen molar-refractivity contribution in [2.45, 2.75) is 37.8 Å². The Labute approximate surface area is 138 Å². The number of amides is 1. The van der Waals surface area contributed by atoms with Crippen LogP contribution in [0, 0.1) is 0 Å². The molecule has 2 heterocycles. The molecule has 6 heteroatoms. The highest BCUT2D eigenvalue weighted by atomic mass is 35.5. The Kier molecular flexibility index (Phi) is 5.78. The van der Waals surface area contributed by atoms with Crippen molar-refractivity contribution in [1.29, 1.82) is 0 Å². The van der Waals surface area contributed by atoms with Gasteiger partial charge in [0.25, 0.3) is 0 Å². The molecule has 1 saturated carbocycles. The number of nitrogens with two attached hydrogens (primary N) is 1. The van der Waals surface area contributed by atoms with E-state index in [4.69, 9.17) is 5.73 Å². The summed E-state index contributed by atoms with van der Waals surface area (Å²) in [4.78, 5) is 21.0. The second-order valence-electron chi connectivity index (χ2n) is 6.29. The first kappa shape index (κ1) is 17.2. The van der Waals surface area contributed by atoms with Crippen LogP contribution in [0.15, 0.2) is 24.5 Å². The van der Waals surface area contributed by atoms with Crippen LogP contribution in [0.4, 0.5) is 0 Å². The first-order chi connectivity index (χ1) is 10.2. The Bertz CT molecular complexity index is 482. The zero-order valence-electron chi connectivity index (χ0n) is 12.9. The summed E-state index contributed by atoms with van der Waals surface area (Å²) in [6.45, 7) is 4.36. The standard InChI is InChI=1S/C16H24N4O.ClH/c17-16(5-1-2-6-16)15(21)20-11-9-19(10-12-20)13-14-3-7-18-8-4-14;/h3-4,7-8H,1-2,5-6,9-13,17H2;1H. The minimum absolute atomic E-state index is 0. The summed E-state index contributed by atoms with van der Waals surface area (Å²) < 4.78 is 0. The van der Waals surface area contributed by atoms with Crippen LogP contribution in [-0.2, 0) is 11.3 Å². The van der Waals surface area contributed by atoms with Crippen LogP contribution >= 0.6 is 12.4 Å². The van der Waals surface area contributed by atoms with Crippen molar-refractivity contribution in [2.24, 2.45) is 5.73 Å². The van der Waals surface area contributed by atoms with E-state index in [2.05, 4.69) is 9.88 Å². The normalized spacial score (nSPS) is 21.4. The maximum Gasteiger partial charge on any atom is 0.242 e. The minimum Gasteiger partial charge on any atom is -0.339 e. The van der Waals surface area contributed by atoms with Gasteiger partial charge in [-0.25, -0.2) is 0 Å². The summed E-state index contributed by atoms with van der Waals surface area (Å²) in [5.41, 5.74) is 6.98. The predicted octanol–water partition coefficient (Wildman–Crippen LogP) is 1.42. The number of nitrogens with zero attached hydrogens (tertiary/aromatic N) is 3. The number of pyridine rings is 1. The molecular weight excluding hydrogens is 300 g/mol. The van der Waals surface area contributed by atoms with Gasteiger partial charge in [-0.1, -0.05) is 12.8 Å². The Morgan fingerprint density at radius 1 is 1.14 bits per heavy atom. The third-order valence-corrected chi connectivity index (χ3v) is 4.74. The Morgan fingerprint density at radius 2 is 1.73 bits per heavy atom. The van der Waals surface area contributed by atoms with E-state index in [1.165, 1.54) is 5.56 Å². The lowest BCUT2D eigenvalue weighted by molar-refractivity contribution is -0.138. The van der Waals surface area contributed by atoms with E-state index < -0.39 is 5.54 Å². The highest BCUT2D eigenvalue weighted by Gasteiger charge is 2.40. The minimum atomic E-state index is -0.576. The van der Waals surface area contributed by atoms with Gasteiger partial charge in [0, 0.05) is 45.1 Å². The van der Waals surface area contributed by atoms with Gasteiger partial charge in [0.1, 0.15) is 0 Å². The van der Waals surface area contributed by atoms with Crippen molar-refractivity contribution in [1.82, 2.24) is 14.8 Å². The molecule has 1 aromatic heterocycles. The fourth-order valence-electron chi connectivity index (χ4n) is 3.39. The summed E-state index contributed by atoms with van der Waals surface area (Å²) >= 11 is 0. The molecule has 0 aromatic carbocycles. The van der Waals surface area contributed by atoms with Gasteiger partial charge in [0.05, 0.1) is 5.54 Å². The highest BCUT2D eigenvalue weighted by molar-refractivity contribution is 5.86. The van der Waals surface area contributed by atoms with E-state index >= 15 is 0 Å². The van der Waals surface area contributed by atoms with Crippen LogP contribution in [-0.4, -0.2) is 52.4 Å². The molecule has 1 amide bonds. The zero-order valence-corrected chi connectivity index (χ0v) is 13.7. The van der Waals surface area contributed by atoms with Gasteiger partial charge in [0.2, 0.25) is 5.91 Å². The summed E-state index contributed by atoms with van der Waals surface area (Å²) in [6, 6.07) is 4.09. The fraction of sp³-hybridized carbons (Fsp3) is 0.625. The molecule has 2 N–H and O–H groups in total. The molecule has 2 fully saturated rings. The third-order valence-electron chi connectivity index (χ3n) is 4.74. The van der Waals surface area contributed by atoms with Crippen molar-refractivity contribution in [3.05, 3.63) is 30.1 Å². The molecule has 2 aliphatic rings. The van der Waals surface area contributed by atoms with Crippen molar-refractivity contribution < 1.29 is 4.79 Å². The summed E-state index contributed by atoms with van der Waals surface area (Å²) in [7, 11) is 0. The molecule has 5 nitrogen and oxygen atoms in total. The van der Waals surface area contributed by atoms with Crippen LogP contribution in [0.1, 0.15) is 31.2 Å². The zero-order chi connectivity index (χ0) is 14.7. The molecule has 0 bridgehead atoms. The van der Waals surface area contributed by atoms with Crippen LogP contribution in [0.5, 0.6) is 0 Å². The lowest BCUT2D eigenvalue weighted by atomic mass is 9.97. The van der Waals surface area contributed by atoms with Gasteiger partial charge >= 0.3 is 0 Å². The molecule has 0 radical (unpaired) electrons. The van der Waals surface area contributed by atoms with E-state index in [0.717, 1.165) is 58.4 Å². The molecule has 0 spiro atoms. The topological polar surface area (TPSA) is 62.5 Å². The average Bonchev–Trinajstić information content (AvgIpc) is 2.96. The fourth-order valence-corrected chi connectivity index (χ4v) is 3.39. The molecule has 1 saturated heterocycles. The maximum absolute atomic E-state index is 12.6. The first-order valence-corrected chi connectivity index (χ1v) is 7.87. The third kappa shape index (κ3) is 3.77. The van der Waals surface area contributed by atoms with Crippen molar-refractivity contribution in [3.8, 4) is 0 Å². The van der Waals surface area contributed by atoms with Gasteiger partial charge < -0.3 is 10.6 Å². The molecule has 0 atom stereocenters. The second-order valence-corrected chi connectivity index (χ2v) is 6.29. The predicted molar refractivity (Wildman–Crippen MR) is 88.7 cm³/mol. The Morgan fingerprint density at radius 3 is 2.32 bits per heavy atom. The number of carbonyl (C=O) groups is 1. The van der Waals surface area contributed by atoms with Crippen molar-refractivity contribution in [2.75, 3.05) is 26.2 Å². The number of hydrogen-bond acceptors (Lipinski definition) is 4. The van der Waals surface area contributed by atoms with E-state index in [9.17, 15) is 4.79 Å². The number of carbonyl (C=O) groups excluding carboxylic acids is 1. The summed E-state index contributed by atoms with van der Waals surface area (Å²) in [6.07, 6.45) is 7.53. The lowest BCUT2D eigenvalue weighted by Gasteiger charge is -2.38. The lowest BCUT2D eigenvalue weighted by Crippen LogP contribution is -2.58. The quantitative estimate of drug-likeness (QED) is 0.913. The summed E-state index contributed by atoms with van der Waals surface area (Å²) in [5.74, 6) is 0.170. The van der Waals surface area contributed by atoms with E-state index in [0.29, 0.717) is 0 Å². The number of aromatic nitrogens is 1. The SMILES string of the molecule is Cl.NC1(C(=O)N2CCN(Cc3ccncc3)CC2)CCCC1. The number of piperazine rings is 1. The van der Waals surface area contributed by atoms with E-state index in [1.807, 2.05) is 29.4 Å². The van der Waals surface area contributed by atoms with Gasteiger partial charge in [-0.3, -0.25) is 14.7 Å². The monoisotopic (exact) mass is 324 g/mol. The smallest absolute Gasteiger partial charge is 0.242 e. The maximum atomic E-state index is 12.6. The van der Waals surface area contributed by atoms with E-state index in [-0.39, 0.29) is 18.3 Å². The Hall–Kier alpha value is -1.17. The first-order valence-electron chi connectivity index (χ1n) is 7.87. The van der Waals surface area contributed by atoms with E-state index in [1.54, 1.807) is 0 Å². The summed E-state index contributed by atoms with van der Waals surface area (Å²) in [5, 5.41) is 0. The molecule has 1 aliphatic heterocycles. The second kappa shape index (κ2) is 7.40. The van der Waals surface area contributed by atoms with Crippen LogP contribution in [0.3, 0.4) is 0 Å². The van der Waals surface area contributed by atoms with Crippen LogP contribution in [0.25, 0.3) is 0 Å². The highest BCUT2D eigenvalue weighted by Crippen LogP contribution is 2.29. The molecular formula is C16H25ClN4O. The number of halogens is 1. The average molecular weight is 325 g/mol. The Balaban J connectivity index is 0.00000176. The number of rotatable bonds is 3.